The van der Waals surface area contributed by atoms with E-state index in [0.717, 1.165) is 22.8 Å². The molecule has 0 fully saturated rings. The number of para-hydroxylation sites is 1. The second-order valence-electron chi connectivity index (χ2n) is 5.11. The fourth-order valence-corrected chi connectivity index (χ4v) is 2.03. The van der Waals surface area contributed by atoms with Gasteiger partial charge >= 0.3 is 0 Å². The molecular formula is C15H20N4O. The Kier molecular flexibility index (Phi) is 4.08. The first-order valence-electron chi connectivity index (χ1n) is 6.67. The third-order valence-corrected chi connectivity index (χ3v) is 2.98. The van der Waals surface area contributed by atoms with Crippen molar-refractivity contribution in [3.05, 3.63) is 41.2 Å². The van der Waals surface area contributed by atoms with Gasteiger partial charge < -0.3 is 10.6 Å². The van der Waals surface area contributed by atoms with Gasteiger partial charge in [0.05, 0.1) is 22.6 Å². The van der Waals surface area contributed by atoms with Crippen LogP contribution in [0.5, 0.6) is 0 Å². The van der Waals surface area contributed by atoms with E-state index in [-0.39, 0.29) is 11.9 Å². The fraction of sp³-hybridized carbons (Fsp3) is 0.333. The molecule has 0 saturated heterocycles. The summed E-state index contributed by atoms with van der Waals surface area (Å²) in [4.78, 5) is 12.4. The van der Waals surface area contributed by atoms with E-state index < -0.39 is 0 Å². The van der Waals surface area contributed by atoms with Gasteiger partial charge in [-0.3, -0.25) is 9.89 Å². The Morgan fingerprint density at radius 1 is 1.25 bits per heavy atom. The van der Waals surface area contributed by atoms with E-state index in [1.54, 1.807) is 0 Å². The van der Waals surface area contributed by atoms with Crippen molar-refractivity contribution in [1.29, 1.82) is 0 Å². The number of aromatic nitrogens is 2. The highest BCUT2D eigenvalue weighted by atomic mass is 16.1. The Balaban J connectivity index is 2.26. The summed E-state index contributed by atoms with van der Waals surface area (Å²) in [5.41, 5.74) is 3.84. The lowest BCUT2D eigenvalue weighted by Gasteiger charge is -2.14. The van der Waals surface area contributed by atoms with E-state index >= 15 is 0 Å². The summed E-state index contributed by atoms with van der Waals surface area (Å²) in [5.74, 6) is -0.138. The minimum absolute atomic E-state index is 0.138. The molecule has 5 nitrogen and oxygen atoms in total. The number of aromatic amines is 1. The molecule has 3 N–H and O–H groups in total. The Morgan fingerprint density at radius 3 is 2.55 bits per heavy atom. The van der Waals surface area contributed by atoms with Gasteiger partial charge in [-0.1, -0.05) is 12.1 Å². The SMILES string of the molecule is Cc1n[nH]c(C)c1NC(=O)c1ccccc1NC(C)C. The van der Waals surface area contributed by atoms with Crippen LogP contribution in [-0.4, -0.2) is 22.1 Å². The predicted molar refractivity (Wildman–Crippen MR) is 81.2 cm³/mol. The molecular weight excluding hydrogens is 252 g/mol. The molecule has 0 radical (unpaired) electrons. The lowest BCUT2D eigenvalue weighted by molar-refractivity contribution is 0.102. The number of hydrogen-bond acceptors (Lipinski definition) is 3. The number of nitrogens with zero attached hydrogens (tertiary/aromatic N) is 1. The van der Waals surface area contributed by atoms with Crippen molar-refractivity contribution < 1.29 is 4.79 Å². The van der Waals surface area contributed by atoms with Crippen LogP contribution in [0.2, 0.25) is 0 Å². The molecule has 106 valence electrons. The number of rotatable bonds is 4. The van der Waals surface area contributed by atoms with Crippen molar-refractivity contribution in [2.45, 2.75) is 33.7 Å². The summed E-state index contributed by atoms with van der Waals surface area (Å²) < 4.78 is 0. The highest BCUT2D eigenvalue weighted by Crippen LogP contribution is 2.21. The molecule has 1 amide bonds. The molecule has 5 heteroatoms. The largest absolute Gasteiger partial charge is 0.382 e. The van der Waals surface area contributed by atoms with E-state index in [4.69, 9.17) is 0 Å². The number of benzene rings is 1. The smallest absolute Gasteiger partial charge is 0.257 e. The zero-order chi connectivity index (χ0) is 14.7. The van der Waals surface area contributed by atoms with Crippen LogP contribution >= 0.6 is 0 Å². The minimum atomic E-state index is -0.138. The van der Waals surface area contributed by atoms with Crippen molar-refractivity contribution in [2.24, 2.45) is 0 Å². The van der Waals surface area contributed by atoms with Crippen LogP contribution in [0, 0.1) is 13.8 Å². The van der Waals surface area contributed by atoms with Gasteiger partial charge in [0.2, 0.25) is 0 Å². The maximum absolute atomic E-state index is 12.4. The lowest BCUT2D eigenvalue weighted by Crippen LogP contribution is -2.18. The third-order valence-electron chi connectivity index (χ3n) is 2.98. The Bertz CT molecular complexity index is 597. The first-order chi connectivity index (χ1) is 9.49. The Morgan fingerprint density at radius 2 is 1.95 bits per heavy atom. The topological polar surface area (TPSA) is 69.8 Å². The summed E-state index contributed by atoms with van der Waals surface area (Å²) >= 11 is 0. The molecule has 2 rings (SSSR count). The number of hydrogen-bond donors (Lipinski definition) is 3. The van der Waals surface area contributed by atoms with Crippen molar-refractivity contribution in [2.75, 3.05) is 10.6 Å². The molecule has 0 aliphatic heterocycles. The second kappa shape index (κ2) is 5.77. The van der Waals surface area contributed by atoms with E-state index in [1.165, 1.54) is 0 Å². The summed E-state index contributed by atoms with van der Waals surface area (Å²) in [6.07, 6.45) is 0. The molecule has 0 bridgehead atoms. The molecule has 20 heavy (non-hydrogen) atoms. The van der Waals surface area contributed by atoms with Crippen molar-refractivity contribution in [1.82, 2.24) is 10.2 Å². The maximum atomic E-state index is 12.4. The molecule has 0 spiro atoms. The summed E-state index contributed by atoms with van der Waals surface area (Å²) in [5, 5.41) is 13.1. The second-order valence-corrected chi connectivity index (χ2v) is 5.11. The van der Waals surface area contributed by atoms with Gasteiger partial charge in [-0.05, 0) is 39.8 Å². The quantitative estimate of drug-likeness (QED) is 0.801. The predicted octanol–water partition coefficient (Wildman–Crippen LogP) is 3.10. The average Bonchev–Trinajstić information content (AvgIpc) is 2.70. The molecule has 1 heterocycles. The Hall–Kier alpha value is -2.30. The van der Waals surface area contributed by atoms with Gasteiger partial charge in [0.15, 0.2) is 0 Å². The van der Waals surface area contributed by atoms with Crippen LogP contribution < -0.4 is 10.6 Å². The molecule has 0 aliphatic carbocycles. The maximum Gasteiger partial charge on any atom is 0.257 e. The first kappa shape index (κ1) is 14.1. The fourth-order valence-electron chi connectivity index (χ4n) is 2.03. The number of carbonyl (C=O) groups excluding carboxylic acids is 1. The zero-order valence-electron chi connectivity index (χ0n) is 12.2. The van der Waals surface area contributed by atoms with Crippen LogP contribution in [0.1, 0.15) is 35.6 Å². The number of aryl methyl sites for hydroxylation is 2. The van der Waals surface area contributed by atoms with E-state index in [2.05, 4.69) is 20.8 Å². The zero-order valence-corrected chi connectivity index (χ0v) is 12.2. The van der Waals surface area contributed by atoms with E-state index in [9.17, 15) is 4.79 Å². The van der Waals surface area contributed by atoms with Crippen LogP contribution in [0.3, 0.4) is 0 Å². The molecule has 0 atom stereocenters. The van der Waals surface area contributed by atoms with Crippen molar-refractivity contribution in [3.8, 4) is 0 Å². The van der Waals surface area contributed by atoms with Crippen molar-refractivity contribution >= 4 is 17.3 Å². The number of amides is 1. The van der Waals surface area contributed by atoms with Crippen LogP contribution in [-0.2, 0) is 0 Å². The van der Waals surface area contributed by atoms with Gasteiger partial charge in [0.1, 0.15) is 0 Å². The summed E-state index contributed by atoms with van der Waals surface area (Å²) in [6.45, 7) is 7.82. The average molecular weight is 272 g/mol. The van der Waals surface area contributed by atoms with Gasteiger partial charge in [-0.25, -0.2) is 0 Å². The highest BCUT2D eigenvalue weighted by molar-refractivity contribution is 6.08. The highest BCUT2D eigenvalue weighted by Gasteiger charge is 2.15. The molecule has 1 aromatic heterocycles. The molecule has 0 unspecified atom stereocenters. The van der Waals surface area contributed by atoms with Gasteiger partial charge in [-0.2, -0.15) is 5.10 Å². The monoisotopic (exact) mass is 272 g/mol. The van der Waals surface area contributed by atoms with Crippen LogP contribution in [0.25, 0.3) is 0 Å². The Labute approximate surface area is 118 Å². The number of nitrogens with one attached hydrogen (secondary N) is 3. The van der Waals surface area contributed by atoms with Gasteiger partial charge in [0.25, 0.3) is 5.91 Å². The minimum Gasteiger partial charge on any atom is -0.382 e. The van der Waals surface area contributed by atoms with Crippen LogP contribution in [0.4, 0.5) is 11.4 Å². The normalized spacial score (nSPS) is 10.7. The van der Waals surface area contributed by atoms with E-state index in [1.807, 2.05) is 52.0 Å². The summed E-state index contributed by atoms with van der Waals surface area (Å²) in [7, 11) is 0. The number of H-pyrrole nitrogens is 1. The van der Waals surface area contributed by atoms with Crippen molar-refractivity contribution in [3.63, 3.8) is 0 Å². The van der Waals surface area contributed by atoms with Crippen LogP contribution in [0.15, 0.2) is 24.3 Å². The molecule has 0 aliphatic rings. The molecule has 0 saturated carbocycles. The first-order valence-corrected chi connectivity index (χ1v) is 6.67. The standard InChI is InChI=1S/C15H20N4O/c1-9(2)16-13-8-6-5-7-12(13)15(20)17-14-10(3)18-19-11(14)4/h5-9,16H,1-4H3,(H,17,20)(H,18,19). The van der Waals surface area contributed by atoms with Gasteiger partial charge in [-0.15, -0.1) is 0 Å². The number of carbonyl (C=O) groups is 1. The summed E-state index contributed by atoms with van der Waals surface area (Å²) in [6, 6.07) is 7.75. The number of anilines is 2. The third kappa shape index (κ3) is 2.99. The lowest BCUT2D eigenvalue weighted by atomic mass is 10.1. The molecule has 1 aromatic carbocycles. The molecule has 2 aromatic rings. The van der Waals surface area contributed by atoms with Gasteiger partial charge in [0, 0.05) is 11.7 Å². The van der Waals surface area contributed by atoms with E-state index in [0.29, 0.717) is 5.56 Å².